The maximum Gasteiger partial charge on any atom is 0.247 e. The van der Waals surface area contributed by atoms with E-state index in [4.69, 9.17) is 10.5 Å². The summed E-state index contributed by atoms with van der Waals surface area (Å²) in [5.74, 6) is 0.701. The maximum absolute atomic E-state index is 12.7. The summed E-state index contributed by atoms with van der Waals surface area (Å²) in [4.78, 5) is 14.5. The van der Waals surface area contributed by atoms with E-state index >= 15 is 0 Å². The Labute approximate surface area is 185 Å². The van der Waals surface area contributed by atoms with Crippen molar-refractivity contribution in [1.82, 2.24) is 0 Å². The Kier molecular flexibility index (Phi) is 6.21. The van der Waals surface area contributed by atoms with Crippen LogP contribution in [0.3, 0.4) is 0 Å². The van der Waals surface area contributed by atoms with Gasteiger partial charge in [0.25, 0.3) is 0 Å². The van der Waals surface area contributed by atoms with Crippen LogP contribution in [0.15, 0.2) is 77.3 Å². The molecule has 1 aliphatic rings. The van der Waals surface area contributed by atoms with Crippen molar-refractivity contribution in [2.75, 3.05) is 11.5 Å². The number of halogens is 1. The van der Waals surface area contributed by atoms with E-state index in [1.165, 1.54) is 0 Å². The first kappa shape index (κ1) is 20.6. The summed E-state index contributed by atoms with van der Waals surface area (Å²) in [7, 11) is 0. The largest absolute Gasteiger partial charge is 0.493 e. The molecule has 0 aromatic heterocycles. The highest BCUT2D eigenvalue weighted by atomic mass is 79.9. The van der Waals surface area contributed by atoms with Crippen LogP contribution in [0, 0.1) is 0 Å². The fourth-order valence-corrected chi connectivity index (χ4v) is 4.12. The van der Waals surface area contributed by atoms with Gasteiger partial charge in [0.15, 0.2) is 0 Å². The minimum Gasteiger partial charge on any atom is -0.493 e. The van der Waals surface area contributed by atoms with Crippen LogP contribution in [0.2, 0.25) is 0 Å². The summed E-state index contributed by atoms with van der Waals surface area (Å²) in [6.07, 6.45) is 2.04. The van der Waals surface area contributed by atoms with Gasteiger partial charge < -0.3 is 15.4 Å². The average Bonchev–Trinajstić information content (AvgIpc) is 2.78. The second kappa shape index (κ2) is 9.02. The monoisotopic (exact) mass is 464 g/mol. The molecule has 0 bridgehead atoms. The normalized spacial score (nSPS) is 18.2. The predicted molar refractivity (Wildman–Crippen MR) is 125 cm³/mol. The molecular formula is C25H25BrN2O2. The lowest BCUT2D eigenvalue weighted by Crippen LogP contribution is -2.63. The van der Waals surface area contributed by atoms with Crippen LogP contribution in [-0.4, -0.2) is 18.6 Å². The molecule has 1 fully saturated rings. The van der Waals surface area contributed by atoms with Crippen LogP contribution in [0.4, 0.5) is 5.69 Å². The molecule has 30 heavy (non-hydrogen) atoms. The highest BCUT2D eigenvalue weighted by Gasteiger charge is 2.47. The average molecular weight is 465 g/mol. The first-order valence-electron chi connectivity index (χ1n) is 10.3. The van der Waals surface area contributed by atoms with Gasteiger partial charge in [-0.3, -0.25) is 4.79 Å². The summed E-state index contributed by atoms with van der Waals surface area (Å²) in [6, 6.07) is 23.3. The summed E-state index contributed by atoms with van der Waals surface area (Å²) in [5, 5.41) is 0. The minimum absolute atomic E-state index is 0.0742. The van der Waals surface area contributed by atoms with Gasteiger partial charge in [0.1, 0.15) is 11.8 Å². The lowest BCUT2D eigenvalue weighted by Gasteiger charge is -2.46. The third-order valence-electron chi connectivity index (χ3n) is 5.44. The fourth-order valence-electron chi connectivity index (χ4n) is 3.78. The zero-order chi connectivity index (χ0) is 21.1. The molecule has 2 atom stereocenters. The van der Waals surface area contributed by atoms with Gasteiger partial charge in [-0.15, -0.1) is 0 Å². The number of carbonyl (C=O) groups is 1. The highest BCUT2D eigenvalue weighted by molar-refractivity contribution is 9.10. The summed E-state index contributed by atoms with van der Waals surface area (Å²) in [6.45, 7) is 2.77. The molecule has 2 N–H and O–H groups in total. The van der Waals surface area contributed by atoms with Crippen molar-refractivity contribution in [2.24, 2.45) is 5.73 Å². The number of hydrogen-bond donors (Lipinski definition) is 1. The number of benzene rings is 3. The van der Waals surface area contributed by atoms with Gasteiger partial charge in [0, 0.05) is 15.7 Å². The molecule has 0 spiro atoms. The van der Waals surface area contributed by atoms with Crippen molar-refractivity contribution >= 4 is 27.5 Å². The molecule has 154 valence electrons. The van der Waals surface area contributed by atoms with E-state index in [1.54, 1.807) is 4.90 Å². The predicted octanol–water partition coefficient (Wildman–Crippen LogP) is 5.71. The van der Waals surface area contributed by atoms with Crippen molar-refractivity contribution in [1.29, 1.82) is 0 Å². The van der Waals surface area contributed by atoms with Gasteiger partial charge in [-0.05, 0) is 41.8 Å². The Bertz CT molecular complexity index is 1020. The molecule has 1 aliphatic heterocycles. The number of rotatable bonds is 7. The number of nitrogens with two attached hydrogens (primary N) is 1. The molecule has 4 rings (SSSR count). The van der Waals surface area contributed by atoms with Gasteiger partial charge in [0.05, 0.1) is 12.6 Å². The van der Waals surface area contributed by atoms with Gasteiger partial charge >= 0.3 is 0 Å². The smallest absolute Gasteiger partial charge is 0.247 e. The van der Waals surface area contributed by atoms with Crippen LogP contribution in [0.1, 0.15) is 31.4 Å². The fraction of sp³-hybridized carbons (Fsp3) is 0.240. The summed E-state index contributed by atoms with van der Waals surface area (Å²) < 4.78 is 6.98. The molecule has 1 amide bonds. The van der Waals surface area contributed by atoms with Crippen LogP contribution in [0.25, 0.3) is 11.1 Å². The Morgan fingerprint density at radius 2 is 1.70 bits per heavy atom. The third kappa shape index (κ3) is 4.00. The number of hydrogen-bond acceptors (Lipinski definition) is 3. The van der Waals surface area contributed by atoms with E-state index in [-0.39, 0.29) is 11.9 Å². The molecule has 0 aliphatic carbocycles. The van der Waals surface area contributed by atoms with Gasteiger partial charge in [-0.25, -0.2) is 0 Å². The van der Waals surface area contributed by atoms with Crippen LogP contribution in [-0.2, 0) is 4.79 Å². The lowest BCUT2D eigenvalue weighted by atomic mass is 9.87. The van der Waals surface area contributed by atoms with E-state index < -0.39 is 6.04 Å². The minimum atomic E-state index is -0.575. The van der Waals surface area contributed by atoms with Crippen LogP contribution in [0.5, 0.6) is 5.75 Å². The number of unbranched alkanes of at least 4 members (excludes halogenated alkanes) is 1. The van der Waals surface area contributed by atoms with Crippen molar-refractivity contribution < 1.29 is 9.53 Å². The number of carbonyl (C=O) groups excluding carboxylic acids is 1. The number of ether oxygens (including phenoxy) is 1. The van der Waals surface area contributed by atoms with Crippen molar-refractivity contribution in [2.45, 2.75) is 31.8 Å². The van der Waals surface area contributed by atoms with E-state index in [9.17, 15) is 4.79 Å². The molecule has 1 heterocycles. The molecule has 5 heteroatoms. The molecule has 3 aromatic carbocycles. The number of anilines is 1. The number of amides is 1. The van der Waals surface area contributed by atoms with Crippen molar-refractivity contribution in [3.05, 3.63) is 82.8 Å². The van der Waals surface area contributed by atoms with E-state index in [0.29, 0.717) is 6.61 Å². The Balaban J connectivity index is 1.63. The Hall–Kier alpha value is -2.63. The van der Waals surface area contributed by atoms with E-state index in [0.717, 1.165) is 45.4 Å². The topological polar surface area (TPSA) is 55.6 Å². The van der Waals surface area contributed by atoms with Crippen molar-refractivity contribution in [3.8, 4) is 16.9 Å². The summed E-state index contributed by atoms with van der Waals surface area (Å²) >= 11 is 3.52. The maximum atomic E-state index is 12.7. The molecule has 0 radical (unpaired) electrons. The van der Waals surface area contributed by atoms with Crippen molar-refractivity contribution in [3.63, 3.8) is 0 Å². The van der Waals surface area contributed by atoms with Gasteiger partial charge in [-0.2, -0.15) is 0 Å². The molecule has 4 nitrogen and oxygen atoms in total. The summed E-state index contributed by atoms with van der Waals surface area (Å²) in [5.41, 5.74) is 10.3. The second-order valence-corrected chi connectivity index (χ2v) is 8.39. The molecule has 1 saturated heterocycles. The second-order valence-electron chi connectivity index (χ2n) is 7.48. The van der Waals surface area contributed by atoms with Gasteiger partial charge in [-0.1, -0.05) is 77.8 Å². The third-order valence-corrected chi connectivity index (χ3v) is 5.94. The molecular weight excluding hydrogens is 440 g/mol. The number of nitrogens with zero attached hydrogens (tertiary/aromatic N) is 1. The zero-order valence-corrected chi connectivity index (χ0v) is 18.5. The zero-order valence-electron chi connectivity index (χ0n) is 16.9. The molecule has 0 unspecified atom stereocenters. The molecule has 3 aromatic rings. The highest BCUT2D eigenvalue weighted by Crippen LogP contribution is 2.43. The van der Waals surface area contributed by atoms with E-state index in [2.05, 4.69) is 35.0 Å². The quantitative estimate of drug-likeness (QED) is 0.359. The van der Waals surface area contributed by atoms with Crippen LogP contribution < -0.4 is 15.4 Å². The standard InChI is InChI=1S/C25H25BrN2O2/c1-2-3-15-30-22-16-19(26)11-14-21(22)24-23(27)25(29)28(24)20-12-9-18(10-13-20)17-7-5-4-6-8-17/h4-14,16,23-24H,2-3,15,27H2,1H3/t23-,24-/m1/s1. The van der Waals surface area contributed by atoms with Crippen LogP contribution >= 0.6 is 15.9 Å². The van der Waals surface area contributed by atoms with Gasteiger partial charge in [0.2, 0.25) is 5.91 Å². The Morgan fingerprint density at radius 1 is 1.00 bits per heavy atom. The first-order valence-corrected chi connectivity index (χ1v) is 11.1. The first-order chi connectivity index (χ1) is 14.6. The SMILES string of the molecule is CCCCOc1cc(Br)ccc1[C@@H]1[C@@H](N)C(=O)N1c1ccc(-c2ccccc2)cc1. The number of β-lactam (4-membered cyclic amide) rings is 1. The lowest BCUT2D eigenvalue weighted by molar-refractivity contribution is -0.126. The Morgan fingerprint density at radius 3 is 2.40 bits per heavy atom. The van der Waals surface area contributed by atoms with E-state index in [1.807, 2.05) is 60.7 Å². The molecule has 0 saturated carbocycles.